The van der Waals surface area contributed by atoms with Crippen molar-refractivity contribution >= 4 is 18.3 Å². The highest BCUT2D eigenvalue weighted by Gasteiger charge is 2.29. The smallest absolute Gasteiger partial charge is 0.225 e. The first-order valence-corrected chi connectivity index (χ1v) is 8.28. The molecule has 1 N–H and O–H groups in total. The van der Waals surface area contributed by atoms with E-state index in [1.165, 1.54) is 0 Å². The summed E-state index contributed by atoms with van der Waals surface area (Å²) in [5, 5.41) is 3.32. The van der Waals surface area contributed by atoms with Crippen molar-refractivity contribution in [3.05, 3.63) is 0 Å². The van der Waals surface area contributed by atoms with Crippen LogP contribution in [0.15, 0.2) is 0 Å². The predicted octanol–water partition coefficient (Wildman–Crippen LogP) is 2.46. The van der Waals surface area contributed by atoms with E-state index in [-0.39, 0.29) is 18.3 Å². The zero-order valence-corrected chi connectivity index (χ0v) is 14.3. The molecular weight excluding hydrogens is 288 g/mol. The molecule has 2 aliphatic heterocycles. The van der Waals surface area contributed by atoms with Crippen LogP contribution >= 0.6 is 12.4 Å². The Kier molecular flexibility index (Phi) is 8.60. The number of piperidine rings is 2. The van der Waals surface area contributed by atoms with Crippen molar-refractivity contribution < 1.29 is 9.53 Å². The van der Waals surface area contributed by atoms with Crippen LogP contribution in [-0.2, 0) is 9.53 Å². The zero-order valence-electron chi connectivity index (χ0n) is 13.5. The molecule has 0 aliphatic carbocycles. The van der Waals surface area contributed by atoms with Crippen LogP contribution in [0.4, 0.5) is 0 Å². The van der Waals surface area contributed by atoms with E-state index >= 15 is 0 Å². The van der Waals surface area contributed by atoms with Crippen LogP contribution in [-0.4, -0.2) is 49.7 Å². The third-order valence-electron chi connectivity index (χ3n) is 4.49. The van der Waals surface area contributed by atoms with E-state index < -0.39 is 0 Å². The summed E-state index contributed by atoms with van der Waals surface area (Å²) in [6, 6.07) is 0. The predicted molar refractivity (Wildman–Crippen MR) is 87.9 cm³/mol. The molecule has 0 radical (unpaired) electrons. The summed E-state index contributed by atoms with van der Waals surface area (Å²) in [5.74, 6) is 1.35. The summed E-state index contributed by atoms with van der Waals surface area (Å²) < 4.78 is 5.92. The molecule has 2 fully saturated rings. The maximum absolute atomic E-state index is 12.4. The quantitative estimate of drug-likeness (QED) is 0.846. The Morgan fingerprint density at radius 3 is 2.38 bits per heavy atom. The lowest BCUT2D eigenvalue weighted by molar-refractivity contribution is -0.139. The number of likely N-dealkylation sites (tertiary alicyclic amines) is 1. The highest BCUT2D eigenvalue weighted by Crippen LogP contribution is 2.20. The number of carbonyl (C=O) groups excluding carboxylic acids is 1. The summed E-state index contributed by atoms with van der Waals surface area (Å²) in [5.41, 5.74) is 0. The van der Waals surface area contributed by atoms with Crippen molar-refractivity contribution in [2.45, 2.75) is 52.1 Å². The molecule has 0 unspecified atom stereocenters. The molecule has 2 saturated heterocycles. The number of ether oxygens (including phenoxy) is 1. The number of rotatable bonds is 5. The molecule has 1 amide bonds. The number of carbonyl (C=O) groups is 1. The number of nitrogens with one attached hydrogen (secondary N) is 1. The molecule has 2 rings (SSSR count). The van der Waals surface area contributed by atoms with Gasteiger partial charge in [-0.1, -0.05) is 13.8 Å². The molecule has 2 aliphatic rings. The van der Waals surface area contributed by atoms with Crippen LogP contribution < -0.4 is 5.32 Å². The molecule has 4 nitrogen and oxygen atoms in total. The van der Waals surface area contributed by atoms with Gasteiger partial charge >= 0.3 is 0 Å². The van der Waals surface area contributed by atoms with Crippen LogP contribution in [0.2, 0.25) is 0 Å². The first-order chi connectivity index (χ1) is 9.66. The number of amides is 1. The third-order valence-corrected chi connectivity index (χ3v) is 4.49. The Morgan fingerprint density at radius 2 is 1.81 bits per heavy atom. The van der Waals surface area contributed by atoms with Crippen molar-refractivity contribution in [1.82, 2.24) is 10.2 Å². The highest BCUT2D eigenvalue weighted by atomic mass is 35.5. The minimum atomic E-state index is 0. The van der Waals surface area contributed by atoms with Gasteiger partial charge in [-0.05, 0) is 51.1 Å². The van der Waals surface area contributed by atoms with Gasteiger partial charge in [-0.2, -0.15) is 0 Å². The standard InChI is InChI=1S/C16H30N2O2.ClH/c1-13(2)7-12-20-15-5-10-18(11-6-15)16(19)14-3-8-17-9-4-14;/h13-15,17H,3-12H2,1-2H3;1H. The van der Waals surface area contributed by atoms with Gasteiger partial charge in [-0.15, -0.1) is 12.4 Å². The average Bonchev–Trinajstić information content (AvgIpc) is 2.48. The lowest BCUT2D eigenvalue weighted by Crippen LogP contribution is -2.46. The monoisotopic (exact) mass is 318 g/mol. The molecule has 0 saturated carbocycles. The Bertz CT molecular complexity index is 299. The van der Waals surface area contributed by atoms with Crippen LogP contribution in [0, 0.1) is 11.8 Å². The maximum Gasteiger partial charge on any atom is 0.225 e. The van der Waals surface area contributed by atoms with Gasteiger partial charge in [-0.3, -0.25) is 4.79 Å². The Morgan fingerprint density at radius 1 is 1.19 bits per heavy atom. The van der Waals surface area contributed by atoms with Gasteiger partial charge in [0.15, 0.2) is 0 Å². The third kappa shape index (κ3) is 6.13. The molecule has 124 valence electrons. The fourth-order valence-electron chi connectivity index (χ4n) is 3.04. The second kappa shape index (κ2) is 9.65. The summed E-state index contributed by atoms with van der Waals surface area (Å²) in [4.78, 5) is 14.5. The van der Waals surface area contributed by atoms with Crippen LogP contribution in [0.3, 0.4) is 0 Å². The largest absolute Gasteiger partial charge is 0.378 e. The number of hydrogen-bond acceptors (Lipinski definition) is 3. The van der Waals surface area contributed by atoms with Crippen molar-refractivity contribution in [2.24, 2.45) is 11.8 Å². The Hall–Kier alpha value is -0.320. The second-order valence-corrected chi connectivity index (χ2v) is 6.60. The molecule has 0 aromatic carbocycles. The normalized spacial score (nSPS) is 21.4. The summed E-state index contributed by atoms with van der Waals surface area (Å²) in [7, 11) is 0. The molecule has 21 heavy (non-hydrogen) atoms. The van der Waals surface area contributed by atoms with Gasteiger partial charge in [0.2, 0.25) is 5.91 Å². The van der Waals surface area contributed by atoms with E-state index in [1.807, 2.05) is 0 Å². The molecule has 5 heteroatoms. The van der Waals surface area contributed by atoms with Crippen LogP contribution in [0.5, 0.6) is 0 Å². The number of nitrogens with zero attached hydrogens (tertiary/aromatic N) is 1. The van der Waals surface area contributed by atoms with E-state index in [0.717, 1.165) is 64.9 Å². The molecule has 0 spiro atoms. The second-order valence-electron chi connectivity index (χ2n) is 6.60. The minimum absolute atomic E-state index is 0. The first-order valence-electron chi connectivity index (χ1n) is 8.28. The van der Waals surface area contributed by atoms with Crippen LogP contribution in [0.1, 0.15) is 46.0 Å². The van der Waals surface area contributed by atoms with E-state index in [0.29, 0.717) is 17.9 Å². The molecule has 2 heterocycles. The maximum atomic E-state index is 12.4. The van der Waals surface area contributed by atoms with E-state index in [1.54, 1.807) is 0 Å². The number of hydrogen-bond donors (Lipinski definition) is 1. The van der Waals surface area contributed by atoms with Crippen LogP contribution in [0.25, 0.3) is 0 Å². The summed E-state index contributed by atoms with van der Waals surface area (Å²) >= 11 is 0. The lowest BCUT2D eigenvalue weighted by Gasteiger charge is -2.35. The molecule has 0 bridgehead atoms. The van der Waals surface area contributed by atoms with Gasteiger partial charge < -0.3 is 15.0 Å². The van der Waals surface area contributed by atoms with E-state index in [2.05, 4.69) is 24.1 Å². The highest BCUT2D eigenvalue weighted by molar-refractivity contribution is 5.85. The zero-order chi connectivity index (χ0) is 14.4. The van der Waals surface area contributed by atoms with E-state index in [9.17, 15) is 4.79 Å². The fraction of sp³-hybridized carbons (Fsp3) is 0.938. The first kappa shape index (κ1) is 18.7. The van der Waals surface area contributed by atoms with Crippen molar-refractivity contribution in [2.75, 3.05) is 32.8 Å². The molecule has 0 aromatic heterocycles. The van der Waals surface area contributed by atoms with E-state index in [4.69, 9.17) is 4.74 Å². The molecule has 0 atom stereocenters. The van der Waals surface area contributed by atoms with Crippen molar-refractivity contribution in [3.8, 4) is 0 Å². The van der Waals surface area contributed by atoms with Gasteiger partial charge in [0, 0.05) is 25.6 Å². The van der Waals surface area contributed by atoms with Gasteiger partial charge in [0.1, 0.15) is 0 Å². The number of halogens is 1. The van der Waals surface area contributed by atoms with Gasteiger partial charge in [0.05, 0.1) is 6.10 Å². The Labute approximate surface area is 135 Å². The van der Waals surface area contributed by atoms with Crippen molar-refractivity contribution in [3.63, 3.8) is 0 Å². The SMILES string of the molecule is CC(C)CCOC1CCN(C(=O)C2CCNCC2)CC1.Cl. The Balaban J connectivity index is 0.00000220. The topological polar surface area (TPSA) is 41.6 Å². The van der Waals surface area contributed by atoms with Gasteiger partial charge in [0.25, 0.3) is 0 Å². The average molecular weight is 319 g/mol. The molecule has 0 aromatic rings. The van der Waals surface area contributed by atoms with Crippen molar-refractivity contribution in [1.29, 1.82) is 0 Å². The molecular formula is C16H31ClN2O2. The van der Waals surface area contributed by atoms with Gasteiger partial charge in [-0.25, -0.2) is 0 Å². The lowest BCUT2D eigenvalue weighted by atomic mass is 9.95. The summed E-state index contributed by atoms with van der Waals surface area (Å²) in [6.07, 6.45) is 5.52. The summed E-state index contributed by atoms with van der Waals surface area (Å²) in [6.45, 7) is 9.07. The fourth-order valence-corrected chi connectivity index (χ4v) is 3.04. The minimum Gasteiger partial charge on any atom is -0.378 e.